The van der Waals surface area contributed by atoms with Crippen LogP contribution in [-0.2, 0) is 9.47 Å². The van der Waals surface area contributed by atoms with Crippen LogP contribution in [0.25, 0.3) is 0 Å². The van der Waals surface area contributed by atoms with Gasteiger partial charge in [0.25, 0.3) is 0 Å². The van der Waals surface area contributed by atoms with Gasteiger partial charge in [-0.3, -0.25) is 0 Å². The van der Waals surface area contributed by atoms with Crippen LogP contribution < -0.4 is 0 Å². The monoisotopic (exact) mass is 332 g/mol. The van der Waals surface area contributed by atoms with Gasteiger partial charge in [-0.25, -0.2) is 9.59 Å². The summed E-state index contributed by atoms with van der Waals surface area (Å²) in [5.41, 5.74) is 0.913. The molecule has 2 rings (SSSR count). The third-order valence-electron chi connectivity index (χ3n) is 4.69. The molecule has 1 saturated carbocycles. The Morgan fingerprint density at radius 1 is 0.958 bits per heavy atom. The fourth-order valence-electron chi connectivity index (χ4n) is 3.11. The first-order chi connectivity index (χ1) is 11.5. The van der Waals surface area contributed by atoms with Gasteiger partial charge < -0.3 is 9.47 Å². The molecule has 0 atom stereocenters. The highest BCUT2D eigenvalue weighted by molar-refractivity contribution is 5.93. The molecule has 1 fully saturated rings. The Balaban J connectivity index is 1.81. The summed E-state index contributed by atoms with van der Waals surface area (Å²) >= 11 is 0. The van der Waals surface area contributed by atoms with Crippen LogP contribution in [0, 0.1) is 11.8 Å². The molecule has 0 heterocycles. The number of hydrogen-bond acceptors (Lipinski definition) is 4. The SMILES string of the molecule is CCC1CCC(COC(=O)c2ccc(C(=O)OC(C)C)cc2)CC1. The Morgan fingerprint density at radius 3 is 1.96 bits per heavy atom. The van der Waals surface area contributed by atoms with E-state index >= 15 is 0 Å². The minimum absolute atomic E-state index is 0.162. The van der Waals surface area contributed by atoms with Crippen molar-refractivity contribution in [1.82, 2.24) is 0 Å². The molecular formula is C20H28O4. The number of hydrogen-bond donors (Lipinski definition) is 0. The molecule has 1 aromatic rings. The predicted molar refractivity (Wildman–Crippen MR) is 93.0 cm³/mol. The van der Waals surface area contributed by atoms with Gasteiger partial charge in [0.2, 0.25) is 0 Å². The molecule has 24 heavy (non-hydrogen) atoms. The fraction of sp³-hybridized carbons (Fsp3) is 0.600. The number of esters is 2. The third-order valence-corrected chi connectivity index (χ3v) is 4.69. The first kappa shape index (κ1) is 18.5. The van der Waals surface area contributed by atoms with Gasteiger partial charge in [0.1, 0.15) is 0 Å². The van der Waals surface area contributed by atoms with E-state index in [0.29, 0.717) is 23.7 Å². The van der Waals surface area contributed by atoms with Gasteiger partial charge >= 0.3 is 11.9 Å². The van der Waals surface area contributed by atoms with Gasteiger partial charge in [-0.05, 0) is 62.8 Å². The summed E-state index contributed by atoms with van der Waals surface area (Å²) in [6, 6.07) is 6.45. The summed E-state index contributed by atoms with van der Waals surface area (Å²) in [6.07, 6.45) is 5.86. The maximum atomic E-state index is 12.1. The van der Waals surface area contributed by atoms with E-state index in [-0.39, 0.29) is 18.0 Å². The third kappa shape index (κ3) is 5.36. The van der Waals surface area contributed by atoms with E-state index in [2.05, 4.69) is 6.92 Å². The molecule has 1 aliphatic rings. The first-order valence-corrected chi connectivity index (χ1v) is 8.97. The first-order valence-electron chi connectivity index (χ1n) is 8.97. The van der Waals surface area contributed by atoms with Crippen LogP contribution in [0.1, 0.15) is 73.6 Å². The molecule has 0 aromatic heterocycles. The Kier molecular flexibility index (Phi) is 6.83. The number of rotatable bonds is 6. The van der Waals surface area contributed by atoms with Crippen LogP contribution in [-0.4, -0.2) is 24.6 Å². The van der Waals surface area contributed by atoms with Gasteiger partial charge in [0.05, 0.1) is 23.8 Å². The zero-order valence-electron chi connectivity index (χ0n) is 14.9. The minimum Gasteiger partial charge on any atom is -0.462 e. The highest BCUT2D eigenvalue weighted by Gasteiger charge is 2.21. The van der Waals surface area contributed by atoms with E-state index < -0.39 is 0 Å². The van der Waals surface area contributed by atoms with E-state index in [9.17, 15) is 9.59 Å². The maximum Gasteiger partial charge on any atom is 0.338 e. The average molecular weight is 332 g/mol. The van der Waals surface area contributed by atoms with Crippen molar-refractivity contribution in [3.05, 3.63) is 35.4 Å². The molecule has 4 nitrogen and oxygen atoms in total. The Bertz CT molecular complexity index is 539. The van der Waals surface area contributed by atoms with Gasteiger partial charge in [0, 0.05) is 0 Å². The molecule has 0 radical (unpaired) electrons. The van der Waals surface area contributed by atoms with Crippen molar-refractivity contribution in [3.63, 3.8) is 0 Å². The summed E-state index contributed by atoms with van der Waals surface area (Å²) in [4.78, 5) is 23.9. The molecule has 0 unspecified atom stereocenters. The second-order valence-electron chi connectivity index (χ2n) is 6.92. The second-order valence-corrected chi connectivity index (χ2v) is 6.92. The topological polar surface area (TPSA) is 52.6 Å². The summed E-state index contributed by atoms with van der Waals surface area (Å²) in [5.74, 6) is 0.626. The van der Waals surface area contributed by atoms with Crippen molar-refractivity contribution < 1.29 is 19.1 Å². The Hall–Kier alpha value is -1.84. The van der Waals surface area contributed by atoms with Crippen LogP contribution in [0.5, 0.6) is 0 Å². The van der Waals surface area contributed by atoms with E-state index in [1.165, 1.54) is 19.3 Å². The quantitative estimate of drug-likeness (QED) is 0.713. The molecule has 0 amide bonds. The van der Waals surface area contributed by atoms with Gasteiger partial charge in [-0.15, -0.1) is 0 Å². The lowest BCUT2D eigenvalue weighted by molar-refractivity contribution is 0.0369. The highest BCUT2D eigenvalue weighted by Crippen LogP contribution is 2.30. The van der Waals surface area contributed by atoms with E-state index in [0.717, 1.165) is 18.8 Å². The molecule has 0 aliphatic heterocycles. The zero-order chi connectivity index (χ0) is 17.5. The summed E-state index contributed by atoms with van der Waals surface area (Å²) in [5, 5.41) is 0. The maximum absolute atomic E-state index is 12.1. The van der Waals surface area contributed by atoms with E-state index in [1.54, 1.807) is 38.1 Å². The number of ether oxygens (including phenoxy) is 2. The number of carbonyl (C=O) groups is 2. The van der Waals surface area contributed by atoms with Gasteiger partial charge in [-0.1, -0.05) is 26.2 Å². The molecule has 1 aliphatic carbocycles. The lowest BCUT2D eigenvalue weighted by Gasteiger charge is -2.27. The lowest BCUT2D eigenvalue weighted by Crippen LogP contribution is -2.20. The molecular weight excluding hydrogens is 304 g/mol. The van der Waals surface area contributed by atoms with Crippen LogP contribution in [0.3, 0.4) is 0 Å². The van der Waals surface area contributed by atoms with Crippen molar-refractivity contribution in [3.8, 4) is 0 Å². The molecule has 0 N–H and O–H groups in total. The van der Waals surface area contributed by atoms with Crippen molar-refractivity contribution >= 4 is 11.9 Å². The molecule has 1 aromatic carbocycles. The largest absolute Gasteiger partial charge is 0.462 e. The Labute approximate surface area is 144 Å². The molecule has 0 bridgehead atoms. The number of carbonyl (C=O) groups excluding carboxylic acids is 2. The summed E-state index contributed by atoms with van der Waals surface area (Å²) < 4.78 is 10.6. The van der Waals surface area contributed by atoms with Crippen molar-refractivity contribution in [1.29, 1.82) is 0 Å². The standard InChI is InChI=1S/C20H28O4/c1-4-15-5-7-16(8-6-15)13-23-19(21)17-9-11-18(12-10-17)20(22)24-14(2)3/h9-12,14-16H,4-8,13H2,1-3H3. The van der Waals surface area contributed by atoms with Crippen LogP contribution in [0.4, 0.5) is 0 Å². The van der Waals surface area contributed by atoms with E-state index in [4.69, 9.17) is 9.47 Å². The smallest absolute Gasteiger partial charge is 0.338 e. The van der Waals surface area contributed by atoms with Crippen molar-refractivity contribution in [2.75, 3.05) is 6.61 Å². The zero-order valence-corrected chi connectivity index (χ0v) is 14.9. The average Bonchev–Trinajstić information content (AvgIpc) is 2.59. The van der Waals surface area contributed by atoms with Crippen molar-refractivity contribution in [2.24, 2.45) is 11.8 Å². The summed E-state index contributed by atoms with van der Waals surface area (Å²) in [6.45, 7) is 6.34. The normalized spacial score (nSPS) is 20.7. The molecule has 132 valence electrons. The molecule has 0 spiro atoms. The van der Waals surface area contributed by atoms with Gasteiger partial charge in [-0.2, -0.15) is 0 Å². The Morgan fingerprint density at radius 2 is 1.46 bits per heavy atom. The van der Waals surface area contributed by atoms with E-state index in [1.807, 2.05) is 0 Å². The fourth-order valence-corrected chi connectivity index (χ4v) is 3.11. The predicted octanol–water partition coefficient (Wildman–Crippen LogP) is 4.63. The molecule has 0 saturated heterocycles. The van der Waals surface area contributed by atoms with Crippen molar-refractivity contribution in [2.45, 2.75) is 59.0 Å². The molecule has 4 heteroatoms. The lowest BCUT2D eigenvalue weighted by atomic mass is 9.81. The second kappa shape index (κ2) is 8.86. The summed E-state index contributed by atoms with van der Waals surface area (Å²) in [7, 11) is 0. The minimum atomic E-state index is -0.377. The van der Waals surface area contributed by atoms with Crippen LogP contribution in [0.2, 0.25) is 0 Å². The van der Waals surface area contributed by atoms with Gasteiger partial charge in [0.15, 0.2) is 0 Å². The number of benzene rings is 1. The van der Waals surface area contributed by atoms with Crippen LogP contribution in [0.15, 0.2) is 24.3 Å². The van der Waals surface area contributed by atoms with Crippen LogP contribution >= 0.6 is 0 Å². The highest BCUT2D eigenvalue weighted by atomic mass is 16.5.